The summed E-state index contributed by atoms with van der Waals surface area (Å²) in [7, 11) is 2.87. The first-order valence-electron chi connectivity index (χ1n) is 10.3. The summed E-state index contributed by atoms with van der Waals surface area (Å²) in [5.41, 5.74) is 0.295. The molecule has 0 unspecified atom stereocenters. The van der Waals surface area contributed by atoms with Crippen molar-refractivity contribution in [3.05, 3.63) is 81.0 Å². The number of pyridine rings is 2. The summed E-state index contributed by atoms with van der Waals surface area (Å²) in [5.74, 6) is -0.427. The maximum absolute atomic E-state index is 13.4. The number of ether oxygens (including phenoxy) is 2. The molecule has 36 heavy (non-hydrogen) atoms. The first-order chi connectivity index (χ1) is 17.2. The Morgan fingerprint density at radius 1 is 1.19 bits per heavy atom. The Hall–Kier alpha value is -3.90. The smallest absolute Gasteiger partial charge is 0.296 e. The molecule has 1 N–H and O–H groups in total. The number of hydrogen-bond acceptors (Lipinski definition) is 8. The number of alkyl halides is 2. The van der Waals surface area contributed by atoms with Crippen LogP contribution in [0, 0.1) is 0 Å². The summed E-state index contributed by atoms with van der Waals surface area (Å²) in [6.45, 7) is 0.110. The minimum Gasteiger partial charge on any atom is -0.496 e. The van der Waals surface area contributed by atoms with Gasteiger partial charge < -0.3 is 14.0 Å². The van der Waals surface area contributed by atoms with Crippen LogP contribution in [0.1, 0.15) is 28.0 Å². The fourth-order valence-electron chi connectivity index (χ4n) is 3.21. The minimum atomic E-state index is -2.73. The quantitative estimate of drug-likeness (QED) is 0.349. The molecule has 0 spiro atoms. The number of nitrogens with one attached hydrogen (secondary N) is 1. The van der Waals surface area contributed by atoms with Crippen LogP contribution >= 0.6 is 22.9 Å². The predicted molar refractivity (Wildman–Crippen MR) is 130 cm³/mol. The van der Waals surface area contributed by atoms with E-state index in [0.717, 1.165) is 17.4 Å². The van der Waals surface area contributed by atoms with E-state index >= 15 is 0 Å². The lowest BCUT2D eigenvalue weighted by molar-refractivity contribution is 0.102. The van der Waals surface area contributed by atoms with E-state index in [1.807, 2.05) is 0 Å². The van der Waals surface area contributed by atoms with Crippen molar-refractivity contribution in [3.63, 3.8) is 0 Å². The van der Waals surface area contributed by atoms with Crippen LogP contribution in [0.4, 0.5) is 13.9 Å². The zero-order valence-corrected chi connectivity index (χ0v) is 20.4. The second-order valence-corrected chi connectivity index (χ2v) is 8.77. The fraction of sp³-hybridized carbons (Fsp3) is 0.174. The lowest BCUT2D eigenvalue weighted by Crippen LogP contribution is -2.21. The van der Waals surface area contributed by atoms with E-state index in [0.29, 0.717) is 10.7 Å². The lowest BCUT2D eigenvalue weighted by atomic mass is 9.98. The molecule has 0 saturated heterocycles. The van der Waals surface area contributed by atoms with E-state index in [1.165, 1.54) is 49.3 Å². The average Bonchev–Trinajstić information content (AvgIpc) is 3.31. The highest BCUT2D eigenvalue weighted by molar-refractivity contribution is 7.17. The molecule has 0 aliphatic heterocycles. The number of rotatable bonds is 8. The molecule has 3 heterocycles. The number of hydrogen-bond donors (Lipinski definition) is 1. The molecule has 186 valence electrons. The zero-order valence-electron chi connectivity index (χ0n) is 18.9. The molecule has 0 atom stereocenters. The SMILES string of the molecule is COc1ccc(C(F)F)cc1-c1cn(C)c(=O)cc1C(=O)Nc1nnc(OCc2ccc(Cl)cn2)s1. The van der Waals surface area contributed by atoms with Gasteiger partial charge >= 0.3 is 0 Å². The molecule has 0 aliphatic carbocycles. The Kier molecular flexibility index (Phi) is 7.55. The maximum atomic E-state index is 13.4. The standard InChI is InChI=1S/C23H18ClF2N5O4S/c1-31-10-17(15-7-12(20(25)26)3-6-18(15)34-2)16(8-19(31)32)21(33)28-22-29-30-23(36-22)35-11-14-5-4-13(24)9-27-14/h3-10,20H,11H2,1-2H3,(H,28,29,33). The molecule has 0 saturated carbocycles. The van der Waals surface area contributed by atoms with Crippen molar-refractivity contribution in [1.29, 1.82) is 0 Å². The Morgan fingerprint density at radius 2 is 2.00 bits per heavy atom. The molecule has 1 aromatic carbocycles. The number of anilines is 1. The van der Waals surface area contributed by atoms with Gasteiger partial charge in [-0.15, -0.1) is 5.10 Å². The number of methoxy groups -OCH3 is 1. The number of carbonyl (C=O) groups excluding carboxylic acids is 1. The predicted octanol–water partition coefficient (Wildman–Crippen LogP) is 4.73. The monoisotopic (exact) mass is 533 g/mol. The van der Waals surface area contributed by atoms with Crippen molar-refractivity contribution >= 4 is 34.0 Å². The van der Waals surface area contributed by atoms with Crippen LogP contribution in [0.15, 0.2) is 53.6 Å². The Labute approximate surface area is 212 Å². The molecule has 0 radical (unpaired) electrons. The van der Waals surface area contributed by atoms with E-state index < -0.39 is 17.9 Å². The Balaban J connectivity index is 1.60. The average molecular weight is 534 g/mol. The summed E-state index contributed by atoms with van der Waals surface area (Å²) in [5, 5.41) is 11.1. The number of nitrogens with zero attached hydrogens (tertiary/aromatic N) is 4. The highest BCUT2D eigenvalue weighted by Gasteiger charge is 2.21. The molecule has 0 fully saturated rings. The lowest BCUT2D eigenvalue weighted by Gasteiger charge is -2.15. The van der Waals surface area contributed by atoms with Gasteiger partial charge in [0.15, 0.2) is 0 Å². The van der Waals surface area contributed by atoms with E-state index in [4.69, 9.17) is 21.1 Å². The molecule has 1 amide bonds. The summed E-state index contributed by atoms with van der Waals surface area (Å²) >= 11 is 6.78. The van der Waals surface area contributed by atoms with Gasteiger partial charge in [-0.3, -0.25) is 19.9 Å². The van der Waals surface area contributed by atoms with Gasteiger partial charge in [0.1, 0.15) is 12.4 Å². The van der Waals surface area contributed by atoms with Gasteiger partial charge in [0, 0.05) is 42.2 Å². The van der Waals surface area contributed by atoms with Gasteiger partial charge in [-0.2, -0.15) is 0 Å². The van der Waals surface area contributed by atoms with E-state index in [1.54, 1.807) is 12.1 Å². The molecule has 9 nitrogen and oxygen atoms in total. The van der Waals surface area contributed by atoms with Gasteiger partial charge in [-0.25, -0.2) is 8.78 Å². The van der Waals surface area contributed by atoms with Gasteiger partial charge in [0.25, 0.3) is 23.1 Å². The summed E-state index contributed by atoms with van der Waals surface area (Å²) in [6, 6.07) is 8.32. The van der Waals surface area contributed by atoms with Gasteiger partial charge in [0.05, 0.1) is 23.4 Å². The second kappa shape index (κ2) is 10.8. The molecule has 13 heteroatoms. The third-order valence-electron chi connectivity index (χ3n) is 5.00. The van der Waals surface area contributed by atoms with E-state index in [-0.39, 0.29) is 44.9 Å². The van der Waals surface area contributed by atoms with Crippen LogP contribution in [0.5, 0.6) is 10.9 Å². The molecule has 0 bridgehead atoms. The minimum absolute atomic E-state index is 0.0501. The maximum Gasteiger partial charge on any atom is 0.296 e. The summed E-state index contributed by atoms with van der Waals surface area (Å²) in [4.78, 5) is 29.6. The van der Waals surface area contributed by atoms with Crippen LogP contribution in [0.2, 0.25) is 5.02 Å². The number of aromatic nitrogens is 4. The Bertz CT molecular complexity index is 1460. The van der Waals surface area contributed by atoms with Gasteiger partial charge in [0.2, 0.25) is 5.13 Å². The van der Waals surface area contributed by atoms with Crippen LogP contribution in [-0.4, -0.2) is 32.8 Å². The topological polar surface area (TPSA) is 108 Å². The third kappa shape index (κ3) is 5.66. The van der Waals surface area contributed by atoms with Gasteiger partial charge in [-0.1, -0.05) is 16.7 Å². The number of carbonyl (C=O) groups is 1. The number of amides is 1. The summed E-state index contributed by atoms with van der Waals surface area (Å²) in [6.07, 6.45) is 0.139. The van der Waals surface area contributed by atoms with Crippen LogP contribution in [0.3, 0.4) is 0 Å². The second-order valence-electron chi connectivity index (χ2n) is 7.39. The van der Waals surface area contributed by atoms with Crippen LogP contribution < -0.4 is 20.3 Å². The molecule has 0 aliphatic rings. The van der Waals surface area contributed by atoms with E-state index in [9.17, 15) is 18.4 Å². The van der Waals surface area contributed by atoms with Crippen molar-refractivity contribution < 1.29 is 23.0 Å². The van der Waals surface area contributed by atoms with Gasteiger partial charge in [-0.05, 0) is 41.7 Å². The van der Waals surface area contributed by atoms with Crippen molar-refractivity contribution in [3.8, 4) is 22.1 Å². The molecular formula is C23H18ClF2N5O4S. The Morgan fingerprint density at radius 3 is 2.69 bits per heavy atom. The van der Waals surface area contributed by atoms with Crippen molar-refractivity contribution in [2.75, 3.05) is 12.4 Å². The zero-order chi connectivity index (χ0) is 25.8. The normalized spacial score (nSPS) is 10.9. The molecule has 3 aromatic heterocycles. The highest BCUT2D eigenvalue weighted by Crippen LogP contribution is 2.35. The molecular weight excluding hydrogens is 516 g/mol. The number of aryl methyl sites for hydroxylation is 1. The molecule has 4 aromatic rings. The highest BCUT2D eigenvalue weighted by atomic mass is 35.5. The third-order valence-corrected chi connectivity index (χ3v) is 5.97. The van der Waals surface area contributed by atoms with Crippen LogP contribution in [0.25, 0.3) is 11.1 Å². The van der Waals surface area contributed by atoms with Crippen molar-refractivity contribution in [2.24, 2.45) is 7.05 Å². The first-order valence-corrected chi connectivity index (χ1v) is 11.5. The number of benzene rings is 1. The van der Waals surface area contributed by atoms with E-state index in [2.05, 4.69) is 20.5 Å². The van der Waals surface area contributed by atoms with Crippen molar-refractivity contribution in [2.45, 2.75) is 13.0 Å². The first kappa shape index (κ1) is 25.2. The molecule has 4 rings (SSSR count). The number of halogens is 3. The largest absolute Gasteiger partial charge is 0.496 e. The fourth-order valence-corrected chi connectivity index (χ4v) is 3.92. The van der Waals surface area contributed by atoms with Crippen molar-refractivity contribution in [1.82, 2.24) is 19.7 Å². The summed E-state index contributed by atoms with van der Waals surface area (Å²) < 4.78 is 38.8. The van der Waals surface area contributed by atoms with Crippen LogP contribution in [-0.2, 0) is 13.7 Å².